The Hall–Kier alpha value is -1.60. The van der Waals surface area contributed by atoms with Crippen molar-refractivity contribution in [2.45, 2.75) is 42.0 Å². The Morgan fingerprint density at radius 2 is 2.30 bits per heavy atom. The van der Waals surface area contributed by atoms with Gasteiger partial charge in [0.25, 0.3) is 0 Å². The Morgan fingerprint density at radius 1 is 1.55 bits per heavy atom. The van der Waals surface area contributed by atoms with E-state index in [4.69, 9.17) is 0 Å². The van der Waals surface area contributed by atoms with E-state index in [-0.39, 0.29) is 17.3 Å². The quantitative estimate of drug-likeness (QED) is 0.907. The van der Waals surface area contributed by atoms with E-state index < -0.39 is 11.9 Å². The van der Waals surface area contributed by atoms with Crippen molar-refractivity contribution in [3.63, 3.8) is 0 Å². The van der Waals surface area contributed by atoms with Gasteiger partial charge in [-0.2, -0.15) is 0 Å². The van der Waals surface area contributed by atoms with Gasteiger partial charge in [-0.1, -0.05) is 6.07 Å². The topological polar surface area (TPSA) is 70.9 Å². The predicted octanol–water partition coefficient (Wildman–Crippen LogP) is 2.25. The molecular formula is C13H14FN3O2S. The first-order valence-corrected chi connectivity index (χ1v) is 7.21. The van der Waals surface area contributed by atoms with Gasteiger partial charge in [0.05, 0.1) is 6.10 Å². The number of hydrogen-bond donors (Lipinski definition) is 2. The van der Waals surface area contributed by atoms with E-state index in [0.29, 0.717) is 10.1 Å². The average Bonchev–Trinajstić information content (AvgIpc) is 3.15. The first-order valence-electron chi connectivity index (χ1n) is 6.39. The number of benzene rings is 1. The van der Waals surface area contributed by atoms with Gasteiger partial charge in [0.15, 0.2) is 5.16 Å². The molecule has 1 aliphatic rings. The number of halogens is 1. The molecule has 20 heavy (non-hydrogen) atoms. The molecule has 1 aromatic carbocycles. The fraction of sp³-hybridized carbons (Fsp3) is 0.385. The number of aromatic amines is 1. The maximum Gasteiger partial charge on any atom is 0.344 e. The number of aliphatic hydroxyl groups is 1. The average molecular weight is 295 g/mol. The number of nitrogens with zero attached hydrogens (tertiary/aromatic N) is 2. The summed E-state index contributed by atoms with van der Waals surface area (Å²) in [4.78, 5) is 12.3. The second-order valence-corrected chi connectivity index (χ2v) is 5.85. The lowest BCUT2D eigenvalue weighted by Crippen LogP contribution is -2.16. The Labute approximate surface area is 118 Å². The largest absolute Gasteiger partial charge is 0.389 e. The van der Waals surface area contributed by atoms with Crippen LogP contribution in [0, 0.1) is 5.82 Å². The van der Waals surface area contributed by atoms with Crippen LogP contribution in [0.4, 0.5) is 4.39 Å². The van der Waals surface area contributed by atoms with Crippen molar-refractivity contribution in [1.82, 2.24) is 14.8 Å². The monoisotopic (exact) mass is 295 g/mol. The molecule has 2 N–H and O–H groups in total. The van der Waals surface area contributed by atoms with Crippen LogP contribution in [0.2, 0.25) is 0 Å². The highest BCUT2D eigenvalue weighted by Gasteiger charge is 2.29. The zero-order valence-corrected chi connectivity index (χ0v) is 11.7. The maximum absolute atomic E-state index is 13.8. The van der Waals surface area contributed by atoms with E-state index in [1.807, 2.05) is 0 Å². The SMILES string of the molecule is C[C@H](O)c1c(F)cccc1Sc1n[nH]c(=O)n1C1CC1. The van der Waals surface area contributed by atoms with Gasteiger partial charge in [-0.15, -0.1) is 5.10 Å². The summed E-state index contributed by atoms with van der Waals surface area (Å²) in [5, 5.41) is 16.6. The normalized spacial score (nSPS) is 16.4. The van der Waals surface area contributed by atoms with Gasteiger partial charge in [-0.25, -0.2) is 14.3 Å². The summed E-state index contributed by atoms with van der Waals surface area (Å²) >= 11 is 1.19. The second kappa shape index (κ2) is 5.06. The Kier molecular flexibility index (Phi) is 3.39. The van der Waals surface area contributed by atoms with Gasteiger partial charge in [0.2, 0.25) is 0 Å². The van der Waals surface area contributed by atoms with Gasteiger partial charge >= 0.3 is 5.69 Å². The molecule has 1 aromatic heterocycles. The van der Waals surface area contributed by atoms with Gasteiger partial charge in [0, 0.05) is 16.5 Å². The minimum Gasteiger partial charge on any atom is -0.389 e. The summed E-state index contributed by atoms with van der Waals surface area (Å²) in [6.45, 7) is 1.51. The zero-order valence-electron chi connectivity index (χ0n) is 10.8. The second-order valence-electron chi connectivity index (χ2n) is 4.84. The Balaban J connectivity index is 2.00. The smallest absolute Gasteiger partial charge is 0.344 e. The van der Waals surface area contributed by atoms with Crippen LogP contribution in [-0.2, 0) is 0 Å². The molecule has 0 aliphatic heterocycles. The van der Waals surface area contributed by atoms with E-state index in [1.165, 1.54) is 24.8 Å². The fourth-order valence-corrected chi connectivity index (χ4v) is 3.27. The molecule has 0 amide bonds. The van der Waals surface area contributed by atoms with Crippen LogP contribution in [0.5, 0.6) is 0 Å². The molecule has 0 saturated heterocycles. The molecule has 7 heteroatoms. The van der Waals surface area contributed by atoms with Crippen LogP contribution < -0.4 is 5.69 Å². The van der Waals surface area contributed by atoms with Crippen molar-refractivity contribution < 1.29 is 9.50 Å². The molecule has 1 saturated carbocycles. The van der Waals surface area contributed by atoms with Crippen molar-refractivity contribution in [2.24, 2.45) is 0 Å². The van der Waals surface area contributed by atoms with Crippen LogP contribution in [0.15, 0.2) is 33.0 Å². The molecular weight excluding hydrogens is 281 g/mol. The number of H-pyrrole nitrogens is 1. The molecule has 1 heterocycles. The van der Waals surface area contributed by atoms with E-state index in [0.717, 1.165) is 12.8 Å². The summed E-state index contributed by atoms with van der Waals surface area (Å²) in [6, 6.07) is 4.79. The van der Waals surface area contributed by atoms with E-state index in [1.54, 1.807) is 16.7 Å². The number of aliphatic hydroxyl groups excluding tert-OH is 1. The number of nitrogens with one attached hydrogen (secondary N) is 1. The molecule has 0 bridgehead atoms. The first-order chi connectivity index (χ1) is 9.58. The maximum atomic E-state index is 13.8. The van der Waals surface area contributed by atoms with Gasteiger partial charge in [0.1, 0.15) is 5.82 Å². The molecule has 0 radical (unpaired) electrons. The van der Waals surface area contributed by atoms with Gasteiger partial charge in [-0.3, -0.25) is 4.57 Å². The lowest BCUT2D eigenvalue weighted by Gasteiger charge is -2.12. The lowest BCUT2D eigenvalue weighted by molar-refractivity contribution is 0.191. The molecule has 5 nitrogen and oxygen atoms in total. The Bertz CT molecular complexity index is 691. The van der Waals surface area contributed by atoms with Crippen LogP contribution >= 0.6 is 11.8 Å². The number of aromatic nitrogens is 3. The van der Waals surface area contributed by atoms with Crippen molar-refractivity contribution in [3.05, 3.63) is 40.1 Å². The molecule has 0 unspecified atom stereocenters. The molecule has 3 rings (SSSR count). The van der Waals surface area contributed by atoms with Crippen molar-refractivity contribution in [1.29, 1.82) is 0 Å². The summed E-state index contributed by atoms with van der Waals surface area (Å²) in [5.41, 5.74) is -0.0136. The molecule has 1 atom stereocenters. The lowest BCUT2D eigenvalue weighted by atomic mass is 10.1. The third-order valence-electron chi connectivity index (χ3n) is 3.22. The van der Waals surface area contributed by atoms with Gasteiger partial charge < -0.3 is 5.11 Å². The van der Waals surface area contributed by atoms with E-state index in [2.05, 4.69) is 10.2 Å². The summed E-state index contributed by atoms with van der Waals surface area (Å²) in [6.07, 6.45) is 0.998. The summed E-state index contributed by atoms with van der Waals surface area (Å²) < 4.78 is 15.4. The molecule has 1 fully saturated rings. The van der Waals surface area contributed by atoms with Crippen LogP contribution in [-0.4, -0.2) is 19.9 Å². The first kappa shape index (κ1) is 13.4. The highest BCUT2D eigenvalue weighted by molar-refractivity contribution is 7.99. The molecule has 106 valence electrons. The number of hydrogen-bond acceptors (Lipinski definition) is 4. The molecule has 0 spiro atoms. The minimum atomic E-state index is -0.918. The highest BCUT2D eigenvalue weighted by atomic mass is 32.2. The van der Waals surface area contributed by atoms with E-state index >= 15 is 0 Å². The standard InChI is InChI=1S/C13H14FN3O2S/c1-7(18)11-9(14)3-2-4-10(11)20-13-16-15-12(19)17(13)8-5-6-8/h2-4,7-8,18H,5-6H2,1H3,(H,15,19)/t7-/m0/s1. The predicted molar refractivity (Wildman–Crippen MR) is 72.3 cm³/mol. The third-order valence-corrected chi connectivity index (χ3v) is 4.26. The van der Waals surface area contributed by atoms with Gasteiger partial charge in [-0.05, 0) is 43.7 Å². The van der Waals surface area contributed by atoms with Crippen molar-refractivity contribution >= 4 is 11.8 Å². The van der Waals surface area contributed by atoms with Crippen LogP contribution in [0.1, 0.15) is 37.5 Å². The summed E-state index contributed by atoms with van der Waals surface area (Å²) in [5.74, 6) is -0.458. The van der Waals surface area contributed by atoms with Crippen LogP contribution in [0.3, 0.4) is 0 Å². The van der Waals surface area contributed by atoms with Crippen molar-refractivity contribution in [3.8, 4) is 0 Å². The third kappa shape index (κ3) is 2.38. The van der Waals surface area contributed by atoms with Crippen molar-refractivity contribution in [2.75, 3.05) is 0 Å². The zero-order chi connectivity index (χ0) is 14.3. The van der Waals surface area contributed by atoms with Crippen LogP contribution in [0.25, 0.3) is 0 Å². The minimum absolute atomic E-state index is 0.187. The summed E-state index contributed by atoms with van der Waals surface area (Å²) in [7, 11) is 0. The molecule has 2 aromatic rings. The molecule has 1 aliphatic carbocycles. The van der Waals surface area contributed by atoms with E-state index in [9.17, 15) is 14.3 Å². The Morgan fingerprint density at radius 3 is 2.95 bits per heavy atom. The number of rotatable bonds is 4. The fourth-order valence-electron chi connectivity index (χ4n) is 2.13. The highest BCUT2D eigenvalue weighted by Crippen LogP contribution is 2.39.